The molecule has 0 saturated heterocycles. The Hall–Kier alpha value is -2.46. The van der Waals surface area contributed by atoms with Gasteiger partial charge in [-0.05, 0) is 18.2 Å². The summed E-state index contributed by atoms with van der Waals surface area (Å²) in [6, 6.07) is 15.0. The predicted octanol–water partition coefficient (Wildman–Crippen LogP) is 3.29. The number of hydrogen-bond donors (Lipinski definition) is 1. The molecule has 4 heteroatoms. The summed E-state index contributed by atoms with van der Waals surface area (Å²) in [5.74, 6) is 1.75. The van der Waals surface area contributed by atoms with E-state index in [2.05, 4.69) is 0 Å². The van der Waals surface area contributed by atoms with Crippen LogP contribution in [0.25, 0.3) is 11.0 Å². The summed E-state index contributed by atoms with van der Waals surface area (Å²) >= 11 is 0. The van der Waals surface area contributed by atoms with Crippen LogP contribution in [0.4, 0.5) is 0 Å². The van der Waals surface area contributed by atoms with Crippen molar-refractivity contribution >= 4 is 11.0 Å². The first kappa shape index (κ1) is 12.3. The SMILES string of the molecule is OC(c1cc2ccccc2o1)c1cccc2c1OCCO2. The second-order valence-corrected chi connectivity index (χ2v) is 4.96. The van der Waals surface area contributed by atoms with E-state index in [0.717, 1.165) is 11.0 Å². The van der Waals surface area contributed by atoms with Crippen molar-refractivity contribution < 1.29 is 19.0 Å². The van der Waals surface area contributed by atoms with Crippen LogP contribution in [0.2, 0.25) is 0 Å². The molecule has 21 heavy (non-hydrogen) atoms. The van der Waals surface area contributed by atoms with Gasteiger partial charge in [0.25, 0.3) is 0 Å². The molecule has 1 aromatic heterocycles. The Morgan fingerprint density at radius 1 is 0.952 bits per heavy atom. The maximum Gasteiger partial charge on any atom is 0.167 e. The van der Waals surface area contributed by atoms with Gasteiger partial charge in [0.2, 0.25) is 0 Å². The van der Waals surface area contributed by atoms with Crippen molar-refractivity contribution in [3.05, 3.63) is 59.9 Å². The monoisotopic (exact) mass is 282 g/mol. The van der Waals surface area contributed by atoms with E-state index < -0.39 is 6.10 Å². The first-order valence-corrected chi connectivity index (χ1v) is 6.88. The van der Waals surface area contributed by atoms with Gasteiger partial charge in [0, 0.05) is 10.9 Å². The molecule has 1 aliphatic rings. The zero-order chi connectivity index (χ0) is 14.2. The van der Waals surface area contributed by atoms with Crippen molar-refractivity contribution in [2.24, 2.45) is 0 Å². The van der Waals surface area contributed by atoms with Gasteiger partial charge in [-0.2, -0.15) is 0 Å². The van der Waals surface area contributed by atoms with Gasteiger partial charge in [-0.3, -0.25) is 0 Å². The van der Waals surface area contributed by atoms with E-state index in [0.29, 0.717) is 36.0 Å². The minimum absolute atomic E-state index is 0.483. The Labute approximate surface area is 121 Å². The highest BCUT2D eigenvalue weighted by molar-refractivity contribution is 5.78. The lowest BCUT2D eigenvalue weighted by molar-refractivity contribution is 0.152. The Balaban J connectivity index is 1.79. The number of hydrogen-bond acceptors (Lipinski definition) is 4. The summed E-state index contributed by atoms with van der Waals surface area (Å²) in [6.45, 7) is 1.01. The first-order valence-electron chi connectivity index (χ1n) is 6.88. The molecule has 1 atom stereocenters. The van der Waals surface area contributed by atoms with Crippen molar-refractivity contribution in [3.63, 3.8) is 0 Å². The summed E-state index contributed by atoms with van der Waals surface area (Å²) in [5, 5.41) is 11.6. The van der Waals surface area contributed by atoms with E-state index in [1.54, 1.807) is 0 Å². The molecule has 106 valence electrons. The topological polar surface area (TPSA) is 51.8 Å². The summed E-state index contributed by atoms with van der Waals surface area (Å²) in [5.41, 5.74) is 1.42. The third kappa shape index (κ3) is 2.04. The third-order valence-corrected chi connectivity index (χ3v) is 3.61. The lowest BCUT2D eigenvalue weighted by Crippen LogP contribution is -2.17. The quantitative estimate of drug-likeness (QED) is 0.783. The molecule has 0 amide bonds. The van der Waals surface area contributed by atoms with Crippen molar-refractivity contribution in [1.29, 1.82) is 0 Å². The minimum Gasteiger partial charge on any atom is -0.486 e. The van der Waals surface area contributed by atoms with Gasteiger partial charge in [0.15, 0.2) is 11.5 Å². The van der Waals surface area contributed by atoms with Gasteiger partial charge in [0.1, 0.15) is 30.7 Å². The number of furan rings is 1. The molecule has 1 unspecified atom stereocenters. The van der Waals surface area contributed by atoms with E-state index in [1.807, 2.05) is 48.5 Å². The fraction of sp³-hybridized carbons (Fsp3) is 0.176. The second-order valence-electron chi connectivity index (χ2n) is 4.96. The van der Waals surface area contributed by atoms with Gasteiger partial charge in [-0.25, -0.2) is 0 Å². The molecule has 0 aliphatic carbocycles. The van der Waals surface area contributed by atoms with E-state index in [4.69, 9.17) is 13.9 Å². The molecule has 2 heterocycles. The molecule has 0 radical (unpaired) electrons. The number of para-hydroxylation sites is 2. The molecule has 4 rings (SSSR count). The van der Waals surface area contributed by atoms with Gasteiger partial charge < -0.3 is 19.0 Å². The van der Waals surface area contributed by atoms with Gasteiger partial charge in [-0.15, -0.1) is 0 Å². The summed E-state index contributed by atoms with van der Waals surface area (Å²) in [6.07, 6.45) is -0.881. The molecule has 1 N–H and O–H groups in total. The summed E-state index contributed by atoms with van der Waals surface area (Å²) in [7, 11) is 0. The number of benzene rings is 2. The van der Waals surface area contributed by atoms with Crippen LogP contribution in [-0.2, 0) is 0 Å². The molecule has 0 fully saturated rings. The molecule has 0 bridgehead atoms. The van der Waals surface area contributed by atoms with Crippen LogP contribution in [0, 0.1) is 0 Å². The van der Waals surface area contributed by atoms with Crippen LogP contribution in [0.5, 0.6) is 11.5 Å². The van der Waals surface area contributed by atoms with Crippen LogP contribution in [0.3, 0.4) is 0 Å². The van der Waals surface area contributed by atoms with E-state index in [9.17, 15) is 5.11 Å². The van der Waals surface area contributed by atoms with Crippen LogP contribution in [0.15, 0.2) is 52.9 Å². The first-order chi connectivity index (χ1) is 10.3. The maximum absolute atomic E-state index is 10.6. The highest BCUT2D eigenvalue weighted by Crippen LogP contribution is 2.39. The van der Waals surface area contributed by atoms with Gasteiger partial charge in [-0.1, -0.05) is 30.3 Å². The van der Waals surface area contributed by atoms with Crippen LogP contribution >= 0.6 is 0 Å². The van der Waals surface area contributed by atoms with Crippen LogP contribution < -0.4 is 9.47 Å². The van der Waals surface area contributed by atoms with E-state index in [1.165, 1.54) is 0 Å². The van der Waals surface area contributed by atoms with Gasteiger partial charge >= 0.3 is 0 Å². The molecular weight excluding hydrogens is 268 g/mol. The van der Waals surface area contributed by atoms with Crippen LogP contribution in [-0.4, -0.2) is 18.3 Å². The van der Waals surface area contributed by atoms with E-state index >= 15 is 0 Å². The Bertz CT molecular complexity index is 757. The van der Waals surface area contributed by atoms with Crippen molar-refractivity contribution in [2.45, 2.75) is 6.10 Å². The average Bonchev–Trinajstić information content (AvgIpc) is 2.97. The molecule has 3 aromatic rings. The summed E-state index contributed by atoms with van der Waals surface area (Å²) < 4.78 is 16.9. The minimum atomic E-state index is -0.881. The largest absolute Gasteiger partial charge is 0.486 e. The molecular formula is C17H14O4. The number of fused-ring (bicyclic) bond motifs is 2. The highest BCUT2D eigenvalue weighted by atomic mass is 16.6. The number of aliphatic hydroxyl groups excluding tert-OH is 1. The molecule has 0 spiro atoms. The number of ether oxygens (including phenoxy) is 2. The number of aliphatic hydroxyl groups is 1. The lowest BCUT2D eigenvalue weighted by atomic mass is 10.0. The predicted molar refractivity (Wildman–Crippen MR) is 77.7 cm³/mol. The van der Waals surface area contributed by atoms with Gasteiger partial charge in [0.05, 0.1) is 0 Å². The molecule has 0 saturated carbocycles. The smallest absolute Gasteiger partial charge is 0.167 e. The zero-order valence-electron chi connectivity index (χ0n) is 11.3. The van der Waals surface area contributed by atoms with Crippen molar-refractivity contribution in [2.75, 3.05) is 13.2 Å². The normalized spacial score (nSPS) is 15.1. The lowest BCUT2D eigenvalue weighted by Gasteiger charge is -2.22. The Morgan fingerprint density at radius 3 is 2.71 bits per heavy atom. The van der Waals surface area contributed by atoms with Crippen molar-refractivity contribution in [3.8, 4) is 11.5 Å². The average molecular weight is 282 g/mol. The highest BCUT2D eigenvalue weighted by Gasteiger charge is 2.24. The standard InChI is InChI=1S/C17H14O4/c18-16(15-10-11-4-1-2-6-13(11)21-15)12-5-3-7-14-17(12)20-9-8-19-14/h1-7,10,16,18H,8-9H2. The zero-order valence-corrected chi connectivity index (χ0v) is 11.3. The second kappa shape index (κ2) is 4.82. The summed E-state index contributed by atoms with van der Waals surface area (Å²) in [4.78, 5) is 0. The van der Waals surface area contributed by atoms with Crippen LogP contribution in [0.1, 0.15) is 17.4 Å². The molecule has 1 aliphatic heterocycles. The fourth-order valence-corrected chi connectivity index (χ4v) is 2.60. The molecule has 4 nitrogen and oxygen atoms in total. The van der Waals surface area contributed by atoms with Crippen molar-refractivity contribution in [1.82, 2.24) is 0 Å². The Morgan fingerprint density at radius 2 is 1.81 bits per heavy atom. The van der Waals surface area contributed by atoms with E-state index in [-0.39, 0.29) is 0 Å². The number of rotatable bonds is 2. The maximum atomic E-state index is 10.6. The Kier molecular flexibility index (Phi) is 2.82. The fourth-order valence-electron chi connectivity index (χ4n) is 2.60. The third-order valence-electron chi connectivity index (χ3n) is 3.61. The molecule has 2 aromatic carbocycles.